The number of aromatic nitrogens is 1. The van der Waals surface area contributed by atoms with E-state index < -0.39 is 0 Å². The van der Waals surface area contributed by atoms with E-state index in [0.717, 1.165) is 27.3 Å². The van der Waals surface area contributed by atoms with Gasteiger partial charge in [-0.3, -0.25) is 0 Å². The monoisotopic (exact) mass is 263 g/mol. The molecule has 0 saturated heterocycles. The van der Waals surface area contributed by atoms with Gasteiger partial charge in [-0.25, -0.2) is 4.98 Å². The van der Waals surface area contributed by atoms with Crippen molar-refractivity contribution in [2.45, 2.75) is 19.9 Å². The minimum atomic E-state index is 0.371. The number of benzene rings is 1. The molecule has 0 radical (unpaired) electrons. The maximum Gasteiger partial charge on any atom is 0.136 e. The minimum Gasteiger partial charge on any atom is -0.381 e. The molecule has 0 aliphatic rings. The molecule has 0 atom stereocenters. The van der Waals surface area contributed by atoms with Gasteiger partial charge in [0.05, 0.1) is 11.9 Å². The van der Waals surface area contributed by atoms with Crippen LogP contribution in [0.15, 0.2) is 24.4 Å². The lowest BCUT2D eigenvalue weighted by atomic mass is 10.1. The molecule has 18 heavy (non-hydrogen) atoms. The van der Waals surface area contributed by atoms with E-state index in [-0.39, 0.29) is 0 Å². The molecular formula is C14H18ClN3. The van der Waals surface area contributed by atoms with Crippen molar-refractivity contribution in [2.24, 2.45) is 0 Å². The average molecular weight is 264 g/mol. The SMILES string of the molecule is CC(C)Nc1cnc(N(C)C)c2cc(Cl)ccc12. The zero-order valence-corrected chi connectivity index (χ0v) is 11.9. The van der Waals surface area contributed by atoms with E-state index in [1.165, 1.54) is 0 Å². The van der Waals surface area contributed by atoms with Crippen molar-refractivity contribution < 1.29 is 0 Å². The lowest BCUT2D eigenvalue weighted by molar-refractivity contribution is 0.899. The van der Waals surface area contributed by atoms with Gasteiger partial charge in [0.25, 0.3) is 0 Å². The van der Waals surface area contributed by atoms with Gasteiger partial charge in [-0.1, -0.05) is 17.7 Å². The first-order valence-corrected chi connectivity index (χ1v) is 6.39. The normalized spacial score (nSPS) is 11.0. The van der Waals surface area contributed by atoms with Crippen molar-refractivity contribution >= 4 is 33.9 Å². The first kappa shape index (κ1) is 13.0. The van der Waals surface area contributed by atoms with Crippen molar-refractivity contribution in [1.82, 2.24) is 4.98 Å². The third-order valence-corrected chi connectivity index (χ3v) is 2.93. The topological polar surface area (TPSA) is 28.2 Å². The molecule has 0 amide bonds. The third kappa shape index (κ3) is 2.51. The molecule has 0 saturated carbocycles. The molecule has 1 aromatic heterocycles. The van der Waals surface area contributed by atoms with Gasteiger partial charge in [0, 0.05) is 35.9 Å². The number of anilines is 2. The first-order valence-electron chi connectivity index (χ1n) is 6.01. The van der Waals surface area contributed by atoms with Crippen LogP contribution in [0.25, 0.3) is 10.8 Å². The Morgan fingerprint density at radius 3 is 2.56 bits per heavy atom. The van der Waals surface area contributed by atoms with Gasteiger partial charge in [0.2, 0.25) is 0 Å². The number of nitrogens with one attached hydrogen (secondary N) is 1. The van der Waals surface area contributed by atoms with Crippen molar-refractivity contribution in [1.29, 1.82) is 0 Å². The maximum absolute atomic E-state index is 6.09. The van der Waals surface area contributed by atoms with Crippen molar-refractivity contribution in [3.63, 3.8) is 0 Å². The van der Waals surface area contributed by atoms with Crippen LogP contribution in [0.5, 0.6) is 0 Å². The second-order valence-corrected chi connectivity index (χ2v) is 5.32. The van der Waals surface area contributed by atoms with E-state index in [0.29, 0.717) is 6.04 Å². The van der Waals surface area contributed by atoms with Gasteiger partial charge in [0.15, 0.2) is 0 Å². The first-order chi connectivity index (χ1) is 8.49. The zero-order chi connectivity index (χ0) is 13.3. The van der Waals surface area contributed by atoms with Crippen molar-refractivity contribution in [3.05, 3.63) is 29.4 Å². The fraction of sp³-hybridized carbons (Fsp3) is 0.357. The summed E-state index contributed by atoms with van der Waals surface area (Å²) in [4.78, 5) is 6.50. The Morgan fingerprint density at radius 1 is 1.22 bits per heavy atom. The summed E-state index contributed by atoms with van der Waals surface area (Å²) in [6.07, 6.45) is 1.88. The molecule has 0 spiro atoms. The predicted octanol–water partition coefficient (Wildman–Crippen LogP) is 3.77. The Labute approximate surface area is 113 Å². The average Bonchev–Trinajstić information content (AvgIpc) is 2.27. The van der Waals surface area contributed by atoms with Crippen LogP contribution in [0.3, 0.4) is 0 Å². The highest BCUT2D eigenvalue weighted by Crippen LogP contribution is 2.31. The number of nitrogens with zero attached hydrogens (tertiary/aromatic N) is 2. The van der Waals surface area contributed by atoms with E-state index in [2.05, 4.69) is 24.1 Å². The zero-order valence-electron chi connectivity index (χ0n) is 11.2. The summed E-state index contributed by atoms with van der Waals surface area (Å²) in [5.41, 5.74) is 1.04. The molecule has 3 nitrogen and oxygen atoms in total. The molecule has 0 aliphatic carbocycles. The Bertz CT molecular complexity index is 564. The summed E-state index contributed by atoms with van der Waals surface area (Å²) in [5.74, 6) is 0.932. The second kappa shape index (κ2) is 5.02. The van der Waals surface area contributed by atoms with E-state index in [9.17, 15) is 0 Å². The van der Waals surface area contributed by atoms with E-state index in [1.807, 2.05) is 43.4 Å². The summed E-state index contributed by atoms with van der Waals surface area (Å²) in [7, 11) is 3.97. The lowest BCUT2D eigenvalue weighted by Crippen LogP contribution is -2.14. The molecular weight excluding hydrogens is 246 g/mol. The molecule has 0 unspecified atom stereocenters. The van der Waals surface area contributed by atoms with Gasteiger partial charge < -0.3 is 10.2 Å². The second-order valence-electron chi connectivity index (χ2n) is 4.88. The molecule has 2 aromatic rings. The Balaban J connectivity index is 2.67. The summed E-state index contributed by atoms with van der Waals surface area (Å²) < 4.78 is 0. The van der Waals surface area contributed by atoms with Crippen molar-refractivity contribution in [2.75, 3.05) is 24.3 Å². The maximum atomic E-state index is 6.09. The highest BCUT2D eigenvalue weighted by molar-refractivity contribution is 6.31. The third-order valence-electron chi connectivity index (χ3n) is 2.70. The number of hydrogen-bond donors (Lipinski definition) is 1. The standard InChI is InChI=1S/C14H18ClN3/c1-9(2)17-13-8-16-14(18(3)4)12-7-10(15)5-6-11(12)13/h5-9,17H,1-4H3. The molecule has 4 heteroatoms. The van der Waals surface area contributed by atoms with Gasteiger partial charge >= 0.3 is 0 Å². The highest BCUT2D eigenvalue weighted by Gasteiger charge is 2.10. The van der Waals surface area contributed by atoms with Crippen molar-refractivity contribution in [3.8, 4) is 0 Å². The molecule has 0 fully saturated rings. The molecule has 96 valence electrons. The number of fused-ring (bicyclic) bond motifs is 1. The van der Waals surface area contributed by atoms with Crippen LogP contribution in [0.1, 0.15) is 13.8 Å². The molecule has 0 aliphatic heterocycles. The van der Waals surface area contributed by atoms with E-state index >= 15 is 0 Å². The molecule has 1 aromatic carbocycles. The fourth-order valence-electron chi connectivity index (χ4n) is 1.98. The van der Waals surface area contributed by atoms with Crippen LogP contribution in [0.4, 0.5) is 11.5 Å². The fourth-order valence-corrected chi connectivity index (χ4v) is 2.16. The number of rotatable bonds is 3. The van der Waals surface area contributed by atoms with E-state index in [1.54, 1.807) is 0 Å². The molecule has 2 rings (SSSR count). The summed E-state index contributed by atoms with van der Waals surface area (Å²) >= 11 is 6.09. The van der Waals surface area contributed by atoms with Gasteiger partial charge in [0.1, 0.15) is 5.82 Å². The van der Waals surface area contributed by atoms with Crippen LogP contribution in [0, 0.1) is 0 Å². The molecule has 1 heterocycles. The largest absolute Gasteiger partial charge is 0.381 e. The minimum absolute atomic E-state index is 0.371. The Kier molecular flexibility index (Phi) is 3.62. The van der Waals surface area contributed by atoms with Gasteiger partial charge in [-0.2, -0.15) is 0 Å². The molecule has 1 N–H and O–H groups in total. The quantitative estimate of drug-likeness (QED) is 0.914. The summed E-state index contributed by atoms with van der Waals surface area (Å²) in [5, 5.41) is 6.35. The van der Waals surface area contributed by atoms with Crippen LogP contribution >= 0.6 is 11.6 Å². The summed E-state index contributed by atoms with van der Waals surface area (Å²) in [6.45, 7) is 4.23. The van der Waals surface area contributed by atoms with E-state index in [4.69, 9.17) is 11.6 Å². The predicted molar refractivity (Wildman–Crippen MR) is 79.8 cm³/mol. The van der Waals surface area contributed by atoms with Gasteiger partial charge in [-0.15, -0.1) is 0 Å². The number of hydrogen-bond acceptors (Lipinski definition) is 3. The van der Waals surface area contributed by atoms with Crippen LogP contribution in [-0.4, -0.2) is 25.1 Å². The van der Waals surface area contributed by atoms with Gasteiger partial charge in [-0.05, 0) is 26.0 Å². The highest BCUT2D eigenvalue weighted by atomic mass is 35.5. The Hall–Kier alpha value is -1.48. The smallest absolute Gasteiger partial charge is 0.136 e. The van der Waals surface area contributed by atoms with Crippen LogP contribution in [-0.2, 0) is 0 Å². The van der Waals surface area contributed by atoms with Crippen LogP contribution < -0.4 is 10.2 Å². The number of pyridine rings is 1. The van der Waals surface area contributed by atoms with Crippen LogP contribution in [0.2, 0.25) is 5.02 Å². The molecule has 0 bridgehead atoms. The number of halogens is 1. The Morgan fingerprint density at radius 2 is 1.94 bits per heavy atom. The summed E-state index contributed by atoms with van der Waals surface area (Å²) in [6, 6.07) is 6.28. The lowest BCUT2D eigenvalue weighted by Gasteiger charge is -2.18.